The molecule has 3 heterocycles. The number of ether oxygens (including phenoxy) is 1. The van der Waals surface area contributed by atoms with Gasteiger partial charge in [-0.15, -0.1) is 11.3 Å². The topological polar surface area (TPSA) is 64.1 Å². The summed E-state index contributed by atoms with van der Waals surface area (Å²) >= 11 is 1.61. The van der Waals surface area contributed by atoms with Gasteiger partial charge in [0.2, 0.25) is 5.88 Å². The van der Waals surface area contributed by atoms with Crippen LogP contribution in [0.1, 0.15) is 28.2 Å². The number of carbonyl (C=O) groups excluding carboxylic acids is 1. The van der Waals surface area contributed by atoms with E-state index in [9.17, 15) is 4.79 Å². The molecule has 0 bridgehead atoms. The van der Waals surface area contributed by atoms with E-state index in [0.29, 0.717) is 11.3 Å². The van der Waals surface area contributed by atoms with Crippen LogP contribution in [0.4, 0.5) is 0 Å². The van der Waals surface area contributed by atoms with Crippen molar-refractivity contribution in [3.63, 3.8) is 0 Å². The van der Waals surface area contributed by atoms with Gasteiger partial charge in [0.1, 0.15) is 11.3 Å². The molecule has 116 valence electrons. The van der Waals surface area contributed by atoms with Crippen molar-refractivity contribution in [2.45, 2.75) is 13.0 Å². The Kier molecular flexibility index (Phi) is 4.63. The van der Waals surface area contributed by atoms with Crippen LogP contribution in [0, 0.1) is 0 Å². The lowest BCUT2D eigenvalue weighted by Crippen LogP contribution is -2.26. The van der Waals surface area contributed by atoms with Crippen LogP contribution in [-0.2, 0) is 0 Å². The van der Waals surface area contributed by atoms with Crippen LogP contribution in [0.2, 0.25) is 0 Å². The molecule has 1 atom stereocenters. The fourth-order valence-electron chi connectivity index (χ4n) is 2.05. The van der Waals surface area contributed by atoms with Gasteiger partial charge in [-0.2, -0.15) is 0 Å². The lowest BCUT2D eigenvalue weighted by molar-refractivity contribution is 0.0937. The normalized spacial score (nSPS) is 11.7. The van der Waals surface area contributed by atoms with Crippen LogP contribution in [0.15, 0.2) is 60.4 Å². The predicted octanol–water partition coefficient (Wildman–Crippen LogP) is 3.82. The van der Waals surface area contributed by atoms with Gasteiger partial charge in [-0.25, -0.2) is 4.98 Å². The first kappa shape index (κ1) is 15.2. The summed E-state index contributed by atoms with van der Waals surface area (Å²) in [6.45, 7) is 1.95. The molecule has 1 amide bonds. The molecule has 5 nitrogen and oxygen atoms in total. The molecule has 0 saturated heterocycles. The minimum atomic E-state index is -0.224. The highest BCUT2D eigenvalue weighted by atomic mass is 32.1. The van der Waals surface area contributed by atoms with Gasteiger partial charge in [0.25, 0.3) is 5.91 Å². The summed E-state index contributed by atoms with van der Waals surface area (Å²) in [4.78, 5) is 21.8. The second-order valence-corrected chi connectivity index (χ2v) is 5.84. The van der Waals surface area contributed by atoms with Crippen LogP contribution in [0.3, 0.4) is 0 Å². The Morgan fingerprint density at radius 1 is 1.22 bits per heavy atom. The monoisotopic (exact) mass is 325 g/mol. The number of carbonyl (C=O) groups is 1. The molecule has 0 saturated carbocycles. The van der Waals surface area contributed by atoms with E-state index in [4.69, 9.17) is 4.74 Å². The van der Waals surface area contributed by atoms with Gasteiger partial charge in [0.15, 0.2) is 0 Å². The number of pyridine rings is 2. The smallest absolute Gasteiger partial charge is 0.257 e. The van der Waals surface area contributed by atoms with Crippen molar-refractivity contribution >= 4 is 17.2 Å². The van der Waals surface area contributed by atoms with Crippen molar-refractivity contribution in [1.29, 1.82) is 0 Å². The lowest BCUT2D eigenvalue weighted by atomic mass is 10.2. The molecule has 0 radical (unpaired) electrons. The fourth-order valence-corrected chi connectivity index (χ4v) is 2.78. The summed E-state index contributed by atoms with van der Waals surface area (Å²) in [6, 6.07) is 10.8. The van der Waals surface area contributed by atoms with Gasteiger partial charge in [-0.3, -0.25) is 9.78 Å². The van der Waals surface area contributed by atoms with Gasteiger partial charge < -0.3 is 10.1 Å². The average Bonchev–Trinajstić information content (AvgIpc) is 3.11. The first-order valence-corrected chi connectivity index (χ1v) is 7.99. The highest BCUT2D eigenvalue weighted by Gasteiger charge is 2.17. The van der Waals surface area contributed by atoms with E-state index in [2.05, 4.69) is 15.3 Å². The zero-order valence-electron chi connectivity index (χ0n) is 12.5. The molecule has 6 heteroatoms. The Morgan fingerprint density at radius 3 is 2.83 bits per heavy atom. The Hall–Kier alpha value is -2.73. The Morgan fingerprint density at radius 2 is 2.09 bits per heavy atom. The van der Waals surface area contributed by atoms with Gasteiger partial charge in [-0.1, -0.05) is 6.07 Å². The maximum atomic E-state index is 12.5. The Bertz CT molecular complexity index is 776. The van der Waals surface area contributed by atoms with Gasteiger partial charge in [-0.05, 0) is 42.6 Å². The molecule has 23 heavy (non-hydrogen) atoms. The second-order valence-electron chi connectivity index (χ2n) is 4.86. The third-order valence-electron chi connectivity index (χ3n) is 3.18. The SMILES string of the molecule is C[C@@H](NC(=O)c1cccnc1Oc1cccnc1)c1cccs1. The number of nitrogens with one attached hydrogen (secondary N) is 1. The van der Waals surface area contributed by atoms with Crippen molar-refractivity contribution in [3.8, 4) is 11.6 Å². The molecule has 3 aromatic rings. The van der Waals surface area contributed by atoms with Crippen molar-refractivity contribution < 1.29 is 9.53 Å². The summed E-state index contributed by atoms with van der Waals surface area (Å²) in [5, 5.41) is 4.95. The second kappa shape index (κ2) is 7.02. The third-order valence-corrected chi connectivity index (χ3v) is 4.24. The molecule has 1 N–H and O–H groups in total. The van der Waals surface area contributed by atoms with Gasteiger partial charge in [0.05, 0.1) is 12.2 Å². The van der Waals surface area contributed by atoms with Gasteiger partial charge in [0, 0.05) is 17.3 Å². The number of hydrogen-bond donors (Lipinski definition) is 1. The number of aromatic nitrogens is 2. The highest BCUT2D eigenvalue weighted by Crippen LogP contribution is 2.23. The minimum absolute atomic E-state index is 0.0750. The maximum Gasteiger partial charge on any atom is 0.257 e. The Labute approximate surface area is 138 Å². The zero-order valence-corrected chi connectivity index (χ0v) is 13.3. The molecule has 0 aliphatic heterocycles. The maximum absolute atomic E-state index is 12.5. The summed E-state index contributed by atoms with van der Waals surface area (Å²) in [5.74, 6) is 0.570. The standard InChI is InChI=1S/C17H15N3O2S/c1-12(15-7-4-10-23-15)20-16(21)14-6-3-9-19-17(14)22-13-5-2-8-18-11-13/h2-12H,1H3,(H,20,21)/t12-/m1/s1. The molecule has 0 aliphatic rings. The van der Waals surface area contributed by atoms with E-state index in [1.807, 2.05) is 24.4 Å². The summed E-state index contributed by atoms with van der Waals surface area (Å²) in [7, 11) is 0. The number of nitrogens with zero attached hydrogens (tertiary/aromatic N) is 2. The van der Waals surface area contributed by atoms with Crippen LogP contribution in [0.5, 0.6) is 11.6 Å². The highest BCUT2D eigenvalue weighted by molar-refractivity contribution is 7.10. The fraction of sp³-hybridized carbons (Fsp3) is 0.118. The first-order valence-electron chi connectivity index (χ1n) is 7.11. The summed E-state index contributed by atoms with van der Waals surface area (Å²) in [5.41, 5.74) is 0.389. The number of amides is 1. The number of hydrogen-bond acceptors (Lipinski definition) is 5. The number of rotatable bonds is 5. The molecule has 3 rings (SSSR count). The largest absolute Gasteiger partial charge is 0.437 e. The molecular weight excluding hydrogens is 310 g/mol. The summed E-state index contributed by atoms with van der Waals surface area (Å²) < 4.78 is 5.67. The van der Waals surface area contributed by atoms with Crippen molar-refractivity contribution in [3.05, 3.63) is 70.8 Å². The van der Waals surface area contributed by atoms with Crippen LogP contribution >= 0.6 is 11.3 Å². The molecule has 3 aromatic heterocycles. The Balaban J connectivity index is 1.78. The molecule has 0 aromatic carbocycles. The first-order chi connectivity index (χ1) is 11.2. The summed E-state index contributed by atoms with van der Waals surface area (Å²) in [6.07, 6.45) is 4.82. The number of thiophene rings is 1. The lowest BCUT2D eigenvalue weighted by Gasteiger charge is -2.14. The van der Waals surface area contributed by atoms with Crippen molar-refractivity contribution in [2.24, 2.45) is 0 Å². The van der Waals surface area contributed by atoms with E-state index >= 15 is 0 Å². The molecule has 0 unspecified atom stereocenters. The van der Waals surface area contributed by atoms with E-state index in [0.717, 1.165) is 4.88 Å². The van der Waals surface area contributed by atoms with Crippen molar-refractivity contribution in [2.75, 3.05) is 0 Å². The van der Waals surface area contributed by atoms with E-state index in [1.54, 1.807) is 54.2 Å². The van der Waals surface area contributed by atoms with E-state index in [1.165, 1.54) is 0 Å². The van der Waals surface area contributed by atoms with Crippen molar-refractivity contribution in [1.82, 2.24) is 15.3 Å². The average molecular weight is 325 g/mol. The third kappa shape index (κ3) is 3.73. The van der Waals surface area contributed by atoms with Gasteiger partial charge >= 0.3 is 0 Å². The quantitative estimate of drug-likeness (QED) is 0.774. The molecule has 0 spiro atoms. The van der Waals surface area contributed by atoms with Crippen LogP contribution < -0.4 is 10.1 Å². The van der Waals surface area contributed by atoms with Crippen LogP contribution in [0.25, 0.3) is 0 Å². The van der Waals surface area contributed by atoms with E-state index < -0.39 is 0 Å². The van der Waals surface area contributed by atoms with E-state index in [-0.39, 0.29) is 17.8 Å². The van der Waals surface area contributed by atoms with Crippen LogP contribution in [-0.4, -0.2) is 15.9 Å². The molecule has 0 fully saturated rings. The minimum Gasteiger partial charge on any atom is -0.437 e. The molecule has 0 aliphatic carbocycles. The molecular formula is C17H15N3O2S. The predicted molar refractivity (Wildman–Crippen MR) is 88.7 cm³/mol. The zero-order chi connectivity index (χ0) is 16.1.